The van der Waals surface area contributed by atoms with Crippen molar-refractivity contribution in [1.82, 2.24) is 9.88 Å². The zero-order valence-electron chi connectivity index (χ0n) is 18.1. The summed E-state index contributed by atoms with van der Waals surface area (Å²) in [7, 11) is 1.42. The van der Waals surface area contributed by atoms with Gasteiger partial charge < -0.3 is 9.64 Å². The number of hydrogen-bond donors (Lipinski definition) is 0. The third-order valence-corrected chi connectivity index (χ3v) is 6.70. The number of benzene rings is 2. The molecule has 2 aromatic carbocycles. The number of carbonyl (C=O) groups excluding carboxylic acids is 1. The van der Waals surface area contributed by atoms with E-state index in [1.807, 2.05) is 23.6 Å². The van der Waals surface area contributed by atoms with Crippen LogP contribution in [-0.2, 0) is 16.1 Å². The number of hydrogen-bond acceptors (Lipinski definition) is 7. The van der Waals surface area contributed by atoms with Crippen LogP contribution in [0.1, 0.15) is 24.0 Å². The van der Waals surface area contributed by atoms with Crippen LogP contribution in [-0.4, -0.2) is 48.6 Å². The van der Waals surface area contributed by atoms with Crippen LogP contribution in [0, 0.1) is 11.3 Å². The summed E-state index contributed by atoms with van der Waals surface area (Å²) in [6.07, 6.45) is 1.94. The summed E-state index contributed by atoms with van der Waals surface area (Å²) in [6, 6.07) is 20.3. The van der Waals surface area contributed by atoms with Crippen molar-refractivity contribution in [2.75, 3.05) is 31.6 Å². The number of esters is 1. The molecule has 6 nitrogen and oxygen atoms in total. The number of likely N-dealkylation sites (tertiary alicyclic amines) is 1. The van der Waals surface area contributed by atoms with Gasteiger partial charge in [-0.3, -0.25) is 9.69 Å². The van der Waals surface area contributed by atoms with Gasteiger partial charge in [-0.1, -0.05) is 42.5 Å². The van der Waals surface area contributed by atoms with Gasteiger partial charge in [0.1, 0.15) is 6.54 Å². The highest BCUT2D eigenvalue weighted by Crippen LogP contribution is 2.31. The number of ether oxygens (including phenoxy) is 1. The van der Waals surface area contributed by atoms with E-state index in [9.17, 15) is 4.79 Å². The smallest absolute Gasteiger partial charge is 0.325 e. The molecule has 1 aliphatic heterocycles. The number of aromatic nitrogens is 1. The van der Waals surface area contributed by atoms with Crippen LogP contribution < -0.4 is 4.90 Å². The Labute approximate surface area is 192 Å². The van der Waals surface area contributed by atoms with Gasteiger partial charge in [0.05, 0.1) is 24.4 Å². The highest BCUT2D eigenvalue weighted by molar-refractivity contribution is 7.14. The number of nitrogens with zero attached hydrogens (tertiary/aromatic N) is 4. The quantitative estimate of drug-likeness (QED) is 0.503. The Balaban J connectivity index is 1.46. The highest BCUT2D eigenvalue weighted by atomic mass is 32.1. The van der Waals surface area contributed by atoms with Gasteiger partial charge in [-0.2, -0.15) is 5.26 Å². The number of carbonyl (C=O) groups is 1. The molecule has 0 bridgehead atoms. The van der Waals surface area contributed by atoms with E-state index in [0.29, 0.717) is 5.56 Å². The normalized spacial score (nSPS) is 14.6. The van der Waals surface area contributed by atoms with Crippen LogP contribution in [0.25, 0.3) is 11.3 Å². The van der Waals surface area contributed by atoms with Gasteiger partial charge in [0.25, 0.3) is 0 Å². The molecule has 3 aromatic rings. The van der Waals surface area contributed by atoms with Crippen molar-refractivity contribution in [2.45, 2.75) is 25.4 Å². The van der Waals surface area contributed by atoms with Gasteiger partial charge in [-0.05, 0) is 30.5 Å². The van der Waals surface area contributed by atoms with E-state index >= 15 is 0 Å². The molecule has 0 radical (unpaired) electrons. The molecule has 1 aliphatic rings. The predicted molar refractivity (Wildman–Crippen MR) is 126 cm³/mol. The summed E-state index contributed by atoms with van der Waals surface area (Å²) < 4.78 is 4.97. The molecule has 1 aromatic heterocycles. The van der Waals surface area contributed by atoms with Crippen molar-refractivity contribution in [3.63, 3.8) is 0 Å². The van der Waals surface area contributed by atoms with E-state index in [1.54, 1.807) is 23.5 Å². The SMILES string of the molecule is COC(=O)CN(c1nc(-c2ccc(C#N)cc2)cs1)C1CCN(Cc2ccccc2)CC1. The van der Waals surface area contributed by atoms with E-state index in [1.165, 1.54) is 12.7 Å². The topological polar surface area (TPSA) is 69.5 Å². The molecule has 7 heteroatoms. The molecule has 32 heavy (non-hydrogen) atoms. The minimum Gasteiger partial charge on any atom is -0.468 e. The van der Waals surface area contributed by atoms with Crippen LogP contribution in [0.2, 0.25) is 0 Å². The molecular weight excluding hydrogens is 420 g/mol. The highest BCUT2D eigenvalue weighted by Gasteiger charge is 2.28. The molecule has 1 fully saturated rings. The number of piperidine rings is 1. The van der Waals surface area contributed by atoms with E-state index < -0.39 is 0 Å². The molecule has 2 heterocycles. The van der Waals surface area contributed by atoms with Crippen LogP contribution in [0.5, 0.6) is 0 Å². The zero-order chi connectivity index (χ0) is 22.3. The van der Waals surface area contributed by atoms with Crippen LogP contribution in [0.3, 0.4) is 0 Å². The number of methoxy groups -OCH3 is 1. The van der Waals surface area contributed by atoms with Gasteiger partial charge in [0, 0.05) is 36.6 Å². The van der Waals surface area contributed by atoms with E-state index in [2.05, 4.69) is 40.1 Å². The summed E-state index contributed by atoms with van der Waals surface area (Å²) in [5, 5.41) is 11.8. The average molecular weight is 447 g/mol. The maximum absolute atomic E-state index is 12.2. The third-order valence-electron chi connectivity index (χ3n) is 5.82. The Kier molecular flexibility index (Phi) is 7.15. The number of rotatable bonds is 7. The lowest BCUT2D eigenvalue weighted by atomic mass is 10.0. The number of thiazole rings is 1. The fourth-order valence-electron chi connectivity index (χ4n) is 4.03. The predicted octanol–water partition coefficient (Wildman–Crippen LogP) is 4.33. The maximum Gasteiger partial charge on any atom is 0.325 e. The van der Waals surface area contributed by atoms with Gasteiger partial charge in [0.2, 0.25) is 0 Å². The van der Waals surface area contributed by atoms with Crippen molar-refractivity contribution in [2.24, 2.45) is 0 Å². The van der Waals surface area contributed by atoms with Crippen LogP contribution in [0.15, 0.2) is 60.0 Å². The summed E-state index contributed by atoms with van der Waals surface area (Å²) in [4.78, 5) is 21.6. The second-order valence-corrected chi connectivity index (χ2v) is 8.74. The average Bonchev–Trinajstić information content (AvgIpc) is 3.34. The minimum absolute atomic E-state index is 0.195. The maximum atomic E-state index is 12.2. The second-order valence-electron chi connectivity index (χ2n) is 7.90. The summed E-state index contributed by atoms with van der Waals surface area (Å²) in [5.41, 5.74) is 3.76. The molecule has 164 valence electrons. The first kappa shape index (κ1) is 22.0. The van der Waals surface area contributed by atoms with Gasteiger partial charge >= 0.3 is 5.97 Å². The zero-order valence-corrected chi connectivity index (χ0v) is 18.9. The third kappa shape index (κ3) is 5.34. The molecule has 0 N–H and O–H groups in total. The standard InChI is InChI=1S/C25H26N4O2S/c1-31-24(30)17-29(22-11-13-28(14-12-22)16-20-5-3-2-4-6-20)25-27-23(18-32-25)21-9-7-19(15-26)8-10-21/h2-10,18,22H,11-14,16-17H2,1H3. The Morgan fingerprint density at radius 3 is 2.56 bits per heavy atom. The Morgan fingerprint density at radius 2 is 1.91 bits per heavy atom. The number of nitriles is 1. The molecule has 0 unspecified atom stereocenters. The number of anilines is 1. The monoisotopic (exact) mass is 446 g/mol. The molecule has 0 aliphatic carbocycles. The molecule has 0 amide bonds. The van der Waals surface area contributed by atoms with Crippen molar-refractivity contribution < 1.29 is 9.53 Å². The fourth-order valence-corrected chi connectivity index (χ4v) is 4.94. The Bertz CT molecular complexity index is 1070. The first-order valence-electron chi connectivity index (χ1n) is 10.7. The van der Waals surface area contributed by atoms with Crippen molar-refractivity contribution in [3.8, 4) is 17.3 Å². The summed E-state index contributed by atoms with van der Waals surface area (Å²) in [6.45, 7) is 3.10. The second kappa shape index (κ2) is 10.4. The van der Waals surface area contributed by atoms with Crippen LogP contribution >= 0.6 is 11.3 Å². The Morgan fingerprint density at radius 1 is 1.19 bits per heavy atom. The van der Waals surface area contributed by atoms with Crippen molar-refractivity contribution in [1.29, 1.82) is 5.26 Å². The first-order valence-corrected chi connectivity index (χ1v) is 11.6. The van der Waals surface area contributed by atoms with E-state index in [0.717, 1.165) is 48.9 Å². The molecular formula is C25H26N4O2S. The van der Waals surface area contributed by atoms with Gasteiger partial charge in [-0.15, -0.1) is 11.3 Å². The Hall–Kier alpha value is -3.21. The minimum atomic E-state index is -0.258. The largest absolute Gasteiger partial charge is 0.468 e. The lowest BCUT2D eigenvalue weighted by molar-refractivity contribution is -0.139. The molecule has 1 saturated heterocycles. The first-order chi connectivity index (χ1) is 15.7. The van der Waals surface area contributed by atoms with Crippen molar-refractivity contribution in [3.05, 3.63) is 71.1 Å². The van der Waals surface area contributed by atoms with E-state index in [4.69, 9.17) is 15.0 Å². The molecule has 0 atom stereocenters. The summed E-state index contributed by atoms with van der Waals surface area (Å²) in [5.74, 6) is -0.258. The van der Waals surface area contributed by atoms with Gasteiger partial charge in [-0.25, -0.2) is 4.98 Å². The molecule has 0 saturated carbocycles. The summed E-state index contributed by atoms with van der Waals surface area (Å²) >= 11 is 1.54. The molecule has 0 spiro atoms. The van der Waals surface area contributed by atoms with Crippen LogP contribution in [0.4, 0.5) is 5.13 Å². The molecule has 4 rings (SSSR count). The lowest BCUT2D eigenvalue weighted by Gasteiger charge is -2.38. The fraction of sp³-hybridized carbons (Fsp3) is 0.320. The lowest BCUT2D eigenvalue weighted by Crippen LogP contribution is -2.46. The van der Waals surface area contributed by atoms with Crippen molar-refractivity contribution >= 4 is 22.4 Å². The van der Waals surface area contributed by atoms with Gasteiger partial charge in [0.15, 0.2) is 5.13 Å². The van der Waals surface area contributed by atoms with E-state index in [-0.39, 0.29) is 18.6 Å².